The Morgan fingerprint density at radius 2 is 2.00 bits per heavy atom. The molecule has 0 spiro atoms. The van der Waals surface area contributed by atoms with Crippen molar-refractivity contribution in [3.8, 4) is 0 Å². The van der Waals surface area contributed by atoms with Crippen LogP contribution < -0.4 is 0 Å². The van der Waals surface area contributed by atoms with Gasteiger partial charge in [-0.25, -0.2) is 4.79 Å². The van der Waals surface area contributed by atoms with Gasteiger partial charge in [-0.3, -0.25) is 9.59 Å². The first-order valence-corrected chi connectivity index (χ1v) is 8.49. The van der Waals surface area contributed by atoms with Gasteiger partial charge in [-0.05, 0) is 12.0 Å². The lowest BCUT2D eigenvalue weighted by Gasteiger charge is -2.34. The van der Waals surface area contributed by atoms with Crippen LogP contribution in [0.2, 0.25) is 0 Å². The molecule has 0 unspecified atom stereocenters. The number of morpholine rings is 1. The molecule has 1 aromatic rings. The van der Waals surface area contributed by atoms with Crippen molar-refractivity contribution in [3.63, 3.8) is 0 Å². The van der Waals surface area contributed by atoms with Crippen molar-refractivity contribution in [2.45, 2.75) is 18.9 Å². The van der Waals surface area contributed by atoms with Gasteiger partial charge in [0, 0.05) is 26.1 Å². The van der Waals surface area contributed by atoms with Gasteiger partial charge in [-0.2, -0.15) is 0 Å². The Bertz CT molecular complexity index is 648. The van der Waals surface area contributed by atoms with E-state index in [-0.39, 0.29) is 31.4 Å². The van der Waals surface area contributed by atoms with Crippen LogP contribution in [-0.2, 0) is 25.5 Å². The molecule has 2 fully saturated rings. The number of ether oxygens (including phenoxy) is 1. The molecule has 2 heterocycles. The molecule has 134 valence electrons. The van der Waals surface area contributed by atoms with E-state index >= 15 is 0 Å². The lowest BCUT2D eigenvalue weighted by atomic mass is 10.1. The van der Waals surface area contributed by atoms with E-state index in [1.54, 1.807) is 4.90 Å². The molecule has 2 amide bonds. The summed E-state index contributed by atoms with van der Waals surface area (Å²) in [6.45, 7) is 1.50. The highest BCUT2D eigenvalue weighted by Gasteiger charge is 2.40. The molecule has 3 rings (SSSR count). The quantitative estimate of drug-likeness (QED) is 0.833. The molecule has 25 heavy (non-hydrogen) atoms. The molecule has 2 aliphatic heterocycles. The molecule has 1 N–H and O–H groups in total. The summed E-state index contributed by atoms with van der Waals surface area (Å²) in [5.41, 5.74) is 1.14. The molecule has 2 saturated heterocycles. The Balaban J connectivity index is 1.59. The molecule has 7 nitrogen and oxygen atoms in total. The molecule has 7 heteroatoms. The second-order valence-electron chi connectivity index (χ2n) is 6.44. The largest absolute Gasteiger partial charge is 0.480 e. The summed E-state index contributed by atoms with van der Waals surface area (Å²) in [5, 5.41) is 9.26. The molecular weight excluding hydrogens is 324 g/mol. The van der Waals surface area contributed by atoms with Gasteiger partial charge in [0.15, 0.2) is 6.04 Å². The number of aliphatic carboxylic acids is 1. The number of benzene rings is 1. The standard InChI is InChI=1S/C18H22N2O5/c21-16-10-14(11-19(16)7-6-13-4-2-1-3-5-13)17(22)20-8-9-25-12-15(20)18(23)24/h1-5,14-15H,6-12H2,(H,23,24)/t14-,15+/m0/s1. The summed E-state index contributed by atoms with van der Waals surface area (Å²) >= 11 is 0. The zero-order valence-corrected chi connectivity index (χ0v) is 14.0. The number of carbonyl (C=O) groups excluding carboxylic acids is 2. The molecule has 0 aliphatic carbocycles. The lowest BCUT2D eigenvalue weighted by molar-refractivity contribution is -0.160. The Morgan fingerprint density at radius 1 is 1.24 bits per heavy atom. The number of amides is 2. The predicted molar refractivity (Wildman–Crippen MR) is 88.8 cm³/mol. The maximum atomic E-state index is 12.7. The summed E-state index contributed by atoms with van der Waals surface area (Å²) in [6, 6.07) is 8.91. The molecule has 1 aromatic carbocycles. The van der Waals surface area contributed by atoms with E-state index in [0.717, 1.165) is 12.0 Å². The monoisotopic (exact) mass is 346 g/mol. The smallest absolute Gasteiger partial charge is 0.328 e. The topological polar surface area (TPSA) is 87.1 Å². The number of hydrogen-bond donors (Lipinski definition) is 1. The van der Waals surface area contributed by atoms with Gasteiger partial charge in [0.1, 0.15) is 0 Å². The summed E-state index contributed by atoms with van der Waals surface area (Å²) in [7, 11) is 0. The number of hydrogen-bond acceptors (Lipinski definition) is 4. The van der Waals surface area contributed by atoms with Crippen LogP contribution in [0.3, 0.4) is 0 Å². The summed E-state index contributed by atoms with van der Waals surface area (Å²) in [5.74, 6) is -1.85. The van der Waals surface area contributed by atoms with Crippen molar-refractivity contribution < 1.29 is 24.2 Å². The lowest BCUT2D eigenvalue weighted by Crippen LogP contribution is -2.54. The normalized spacial score (nSPS) is 23.8. The van der Waals surface area contributed by atoms with E-state index in [1.807, 2.05) is 30.3 Å². The summed E-state index contributed by atoms with van der Waals surface area (Å²) in [4.78, 5) is 39.3. The van der Waals surface area contributed by atoms with Gasteiger partial charge >= 0.3 is 5.97 Å². The minimum atomic E-state index is -1.07. The second-order valence-corrected chi connectivity index (χ2v) is 6.44. The van der Waals surface area contributed by atoms with Crippen LogP contribution in [0.15, 0.2) is 30.3 Å². The van der Waals surface area contributed by atoms with Crippen molar-refractivity contribution >= 4 is 17.8 Å². The molecule has 2 atom stereocenters. The maximum Gasteiger partial charge on any atom is 0.328 e. The first-order chi connectivity index (χ1) is 12.1. The number of nitrogens with zero attached hydrogens (tertiary/aromatic N) is 2. The van der Waals surface area contributed by atoms with Crippen molar-refractivity contribution in [2.75, 3.05) is 32.8 Å². The number of carbonyl (C=O) groups is 3. The third kappa shape index (κ3) is 3.99. The SMILES string of the molecule is O=C(O)[C@H]1COCCN1C(=O)[C@H]1CC(=O)N(CCc2ccccc2)C1. The number of likely N-dealkylation sites (tertiary alicyclic amines) is 1. The predicted octanol–water partition coefficient (Wildman–Crippen LogP) is 0.390. The maximum absolute atomic E-state index is 12.7. The van der Waals surface area contributed by atoms with Gasteiger partial charge in [0.05, 0.1) is 19.1 Å². The minimum Gasteiger partial charge on any atom is -0.480 e. The fraction of sp³-hybridized carbons (Fsp3) is 0.500. The van der Waals surface area contributed by atoms with Crippen molar-refractivity contribution in [2.24, 2.45) is 5.92 Å². The fourth-order valence-corrected chi connectivity index (χ4v) is 3.37. The molecule has 0 bridgehead atoms. The van der Waals surface area contributed by atoms with Crippen LogP contribution in [0.5, 0.6) is 0 Å². The van der Waals surface area contributed by atoms with Crippen LogP contribution >= 0.6 is 0 Å². The van der Waals surface area contributed by atoms with Crippen molar-refractivity contribution in [3.05, 3.63) is 35.9 Å². The highest BCUT2D eigenvalue weighted by atomic mass is 16.5. The van der Waals surface area contributed by atoms with Crippen LogP contribution in [0.25, 0.3) is 0 Å². The molecule has 2 aliphatic rings. The minimum absolute atomic E-state index is 0.000535. The van der Waals surface area contributed by atoms with Crippen LogP contribution in [0, 0.1) is 5.92 Å². The Kier molecular flexibility index (Phi) is 5.33. The average Bonchev–Trinajstić information content (AvgIpc) is 3.01. The molecule has 0 saturated carbocycles. The highest BCUT2D eigenvalue weighted by Crippen LogP contribution is 2.22. The number of carboxylic acid groups (broad SMARTS) is 1. The first-order valence-electron chi connectivity index (χ1n) is 8.49. The van der Waals surface area contributed by atoms with Gasteiger partial charge in [-0.15, -0.1) is 0 Å². The van der Waals surface area contributed by atoms with Crippen LogP contribution in [0.4, 0.5) is 0 Å². The number of rotatable bonds is 5. The van der Waals surface area contributed by atoms with Crippen LogP contribution in [-0.4, -0.2) is 71.6 Å². The van der Waals surface area contributed by atoms with Gasteiger partial charge < -0.3 is 19.6 Å². The third-order valence-electron chi connectivity index (χ3n) is 4.77. The van der Waals surface area contributed by atoms with Crippen molar-refractivity contribution in [1.29, 1.82) is 0 Å². The van der Waals surface area contributed by atoms with Gasteiger partial charge in [0.25, 0.3) is 0 Å². The van der Waals surface area contributed by atoms with Gasteiger partial charge in [0.2, 0.25) is 11.8 Å². The van der Waals surface area contributed by atoms with E-state index in [4.69, 9.17) is 4.74 Å². The zero-order chi connectivity index (χ0) is 17.8. The first kappa shape index (κ1) is 17.4. The second kappa shape index (κ2) is 7.65. The van der Waals surface area contributed by atoms with E-state index < -0.39 is 17.9 Å². The average molecular weight is 346 g/mol. The Labute approximate surface area is 146 Å². The summed E-state index contributed by atoms with van der Waals surface area (Å²) in [6.07, 6.45) is 0.889. The molecule has 0 radical (unpaired) electrons. The summed E-state index contributed by atoms with van der Waals surface area (Å²) < 4.78 is 5.16. The highest BCUT2D eigenvalue weighted by molar-refractivity contribution is 5.91. The van der Waals surface area contributed by atoms with Crippen LogP contribution in [0.1, 0.15) is 12.0 Å². The third-order valence-corrected chi connectivity index (χ3v) is 4.77. The van der Waals surface area contributed by atoms with E-state index in [0.29, 0.717) is 19.7 Å². The van der Waals surface area contributed by atoms with E-state index in [9.17, 15) is 19.5 Å². The van der Waals surface area contributed by atoms with E-state index in [2.05, 4.69) is 0 Å². The molecular formula is C18H22N2O5. The fourth-order valence-electron chi connectivity index (χ4n) is 3.37. The van der Waals surface area contributed by atoms with E-state index in [1.165, 1.54) is 4.90 Å². The van der Waals surface area contributed by atoms with Gasteiger partial charge in [-0.1, -0.05) is 30.3 Å². The number of carboxylic acids is 1. The molecule has 0 aromatic heterocycles. The van der Waals surface area contributed by atoms with Crippen molar-refractivity contribution in [1.82, 2.24) is 9.80 Å². The Hall–Kier alpha value is -2.41. The Morgan fingerprint density at radius 3 is 2.72 bits per heavy atom. The zero-order valence-electron chi connectivity index (χ0n) is 14.0.